The Balaban J connectivity index is 1.55. The highest BCUT2D eigenvalue weighted by Gasteiger charge is 2.54. The quantitative estimate of drug-likeness (QED) is 0.143. The molecule has 9 nitrogen and oxygen atoms in total. The highest BCUT2D eigenvalue weighted by atomic mass is 28.3. The van der Waals surface area contributed by atoms with Crippen molar-refractivity contribution in [2.24, 2.45) is 11.3 Å². The SMILES string of the molecule is CN(C(=O)OC(C)(C)C)c1cc2nc(-c3nn(COCC[Si](C)(C)C)c4c3C[C@@H]3C[C@]3(C)C4)n(COCC[Si](C)(C)C)c2cc1F. The van der Waals surface area contributed by atoms with E-state index in [9.17, 15) is 4.79 Å². The van der Waals surface area contributed by atoms with Gasteiger partial charge in [-0.15, -0.1) is 0 Å². The topological polar surface area (TPSA) is 83.6 Å². The summed E-state index contributed by atoms with van der Waals surface area (Å²) in [6, 6.07) is 5.19. The number of nitrogens with zero attached hydrogens (tertiary/aromatic N) is 5. The molecule has 1 fully saturated rings. The van der Waals surface area contributed by atoms with Gasteiger partial charge in [-0.1, -0.05) is 46.2 Å². The fraction of sp³-hybridized carbons (Fsp3) is 0.676. The van der Waals surface area contributed by atoms with Crippen LogP contribution in [0.2, 0.25) is 51.4 Å². The highest BCUT2D eigenvalue weighted by Crippen LogP contribution is 2.60. The molecule has 0 unspecified atom stereocenters. The van der Waals surface area contributed by atoms with Crippen LogP contribution >= 0.6 is 0 Å². The summed E-state index contributed by atoms with van der Waals surface area (Å²) >= 11 is 0. The number of halogens is 1. The van der Waals surface area contributed by atoms with Crippen molar-refractivity contribution in [1.29, 1.82) is 0 Å². The number of anilines is 1. The molecule has 46 heavy (non-hydrogen) atoms. The van der Waals surface area contributed by atoms with Crippen LogP contribution in [0.4, 0.5) is 14.9 Å². The molecule has 2 aromatic heterocycles. The minimum Gasteiger partial charge on any atom is -0.443 e. The number of hydrogen-bond donors (Lipinski definition) is 0. The molecule has 2 aliphatic rings. The molecule has 1 amide bonds. The lowest BCUT2D eigenvalue weighted by Gasteiger charge is -2.25. The second kappa shape index (κ2) is 12.5. The summed E-state index contributed by atoms with van der Waals surface area (Å²) in [7, 11) is -1.01. The molecule has 0 radical (unpaired) electrons. The van der Waals surface area contributed by atoms with Crippen molar-refractivity contribution in [2.45, 2.75) is 117 Å². The van der Waals surface area contributed by atoms with Gasteiger partial charge in [0.1, 0.15) is 30.6 Å². The van der Waals surface area contributed by atoms with E-state index in [1.807, 2.05) is 9.25 Å². The van der Waals surface area contributed by atoms with Gasteiger partial charge in [0.2, 0.25) is 0 Å². The number of benzene rings is 1. The van der Waals surface area contributed by atoms with E-state index in [0.29, 0.717) is 41.5 Å². The van der Waals surface area contributed by atoms with E-state index in [-0.39, 0.29) is 12.4 Å². The predicted molar refractivity (Wildman–Crippen MR) is 187 cm³/mol. The molecular formula is C34H54FN5O4Si2. The number of aromatic nitrogens is 4. The lowest BCUT2D eigenvalue weighted by atomic mass is 9.87. The van der Waals surface area contributed by atoms with Crippen LogP contribution in [0.1, 0.15) is 45.4 Å². The van der Waals surface area contributed by atoms with Gasteiger partial charge in [-0.25, -0.2) is 18.9 Å². The van der Waals surface area contributed by atoms with Crippen LogP contribution in [-0.2, 0) is 40.5 Å². The molecule has 1 aromatic carbocycles. The number of carbonyl (C=O) groups excluding carboxylic acids is 1. The van der Waals surface area contributed by atoms with Gasteiger partial charge >= 0.3 is 6.09 Å². The fourth-order valence-electron chi connectivity index (χ4n) is 6.10. The lowest BCUT2D eigenvalue weighted by Crippen LogP contribution is -2.34. The van der Waals surface area contributed by atoms with Gasteiger partial charge in [0, 0.05) is 53.7 Å². The molecule has 1 saturated carbocycles. The molecule has 12 heteroatoms. The van der Waals surface area contributed by atoms with Gasteiger partial charge in [-0.2, -0.15) is 5.10 Å². The summed E-state index contributed by atoms with van der Waals surface area (Å²) in [5, 5.41) is 5.15. The summed E-state index contributed by atoms with van der Waals surface area (Å²) in [5.74, 6) is 0.746. The average molecular weight is 672 g/mol. The normalized spacial score (nSPS) is 19.7. The largest absolute Gasteiger partial charge is 0.443 e. The van der Waals surface area contributed by atoms with E-state index in [2.05, 4.69) is 46.2 Å². The summed E-state index contributed by atoms with van der Waals surface area (Å²) in [4.78, 5) is 19.1. The van der Waals surface area contributed by atoms with Crippen LogP contribution in [0.15, 0.2) is 12.1 Å². The van der Waals surface area contributed by atoms with Gasteiger partial charge in [-0.3, -0.25) is 9.47 Å². The maximum absolute atomic E-state index is 15.8. The highest BCUT2D eigenvalue weighted by molar-refractivity contribution is 6.76. The van der Waals surface area contributed by atoms with Crippen LogP contribution in [0, 0.1) is 17.2 Å². The monoisotopic (exact) mass is 671 g/mol. The average Bonchev–Trinajstić information content (AvgIpc) is 3.29. The maximum atomic E-state index is 15.8. The first kappa shape index (κ1) is 34.8. The Labute approximate surface area is 275 Å². The van der Waals surface area contributed by atoms with Crippen LogP contribution in [0.3, 0.4) is 0 Å². The van der Waals surface area contributed by atoms with Crippen molar-refractivity contribution >= 4 is 39.0 Å². The van der Waals surface area contributed by atoms with Gasteiger partial charge in [-0.05, 0) is 69.5 Å². The smallest absolute Gasteiger partial charge is 0.414 e. The number of carbonyl (C=O) groups is 1. The van der Waals surface area contributed by atoms with E-state index in [0.717, 1.165) is 37.2 Å². The molecule has 0 spiro atoms. The molecule has 0 bridgehead atoms. The Hall–Kier alpha value is -2.55. The molecule has 5 rings (SSSR count). The van der Waals surface area contributed by atoms with Gasteiger partial charge in [0.25, 0.3) is 0 Å². The number of hydrogen-bond acceptors (Lipinski definition) is 6. The van der Waals surface area contributed by atoms with Gasteiger partial charge in [0.05, 0.1) is 16.7 Å². The van der Waals surface area contributed by atoms with Crippen molar-refractivity contribution in [2.75, 3.05) is 25.2 Å². The second-order valence-electron chi connectivity index (χ2n) is 17.1. The third-order valence-electron chi connectivity index (χ3n) is 9.21. The van der Waals surface area contributed by atoms with E-state index < -0.39 is 33.7 Å². The summed E-state index contributed by atoms with van der Waals surface area (Å²) < 4.78 is 37.7. The number of amides is 1. The third-order valence-corrected chi connectivity index (χ3v) is 12.6. The van der Waals surface area contributed by atoms with E-state index in [4.69, 9.17) is 24.3 Å². The zero-order chi connectivity index (χ0) is 33.8. The van der Waals surface area contributed by atoms with Crippen LogP contribution in [-0.4, -0.2) is 67.4 Å². The number of ether oxygens (including phenoxy) is 3. The van der Waals surface area contributed by atoms with E-state index >= 15 is 4.39 Å². The van der Waals surface area contributed by atoms with Crippen LogP contribution in [0.5, 0.6) is 0 Å². The van der Waals surface area contributed by atoms with E-state index in [1.165, 1.54) is 35.7 Å². The second-order valence-corrected chi connectivity index (χ2v) is 28.3. The first-order valence-electron chi connectivity index (χ1n) is 16.7. The number of rotatable bonds is 12. The number of imidazole rings is 1. The molecule has 2 aliphatic carbocycles. The van der Waals surface area contributed by atoms with Crippen molar-refractivity contribution < 1.29 is 23.4 Å². The molecule has 2 heterocycles. The zero-order valence-electron chi connectivity index (χ0n) is 29.8. The van der Waals surface area contributed by atoms with E-state index in [1.54, 1.807) is 26.8 Å². The minimum absolute atomic E-state index is 0.106. The Kier molecular flexibility index (Phi) is 9.44. The minimum atomic E-state index is -1.31. The Morgan fingerprint density at radius 3 is 2.30 bits per heavy atom. The third kappa shape index (κ3) is 7.94. The molecule has 254 valence electrons. The van der Waals surface area contributed by atoms with Crippen molar-refractivity contribution in [1.82, 2.24) is 19.3 Å². The Morgan fingerprint density at radius 2 is 1.70 bits per heavy atom. The Bertz CT molecular complexity index is 1600. The summed E-state index contributed by atoms with van der Waals surface area (Å²) in [6.07, 6.45) is 2.48. The number of fused-ring (bicyclic) bond motifs is 3. The molecule has 3 aromatic rings. The van der Waals surface area contributed by atoms with Crippen molar-refractivity contribution in [3.8, 4) is 11.5 Å². The maximum Gasteiger partial charge on any atom is 0.414 e. The predicted octanol–water partition coefficient (Wildman–Crippen LogP) is 8.16. The first-order valence-corrected chi connectivity index (χ1v) is 24.1. The zero-order valence-corrected chi connectivity index (χ0v) is 31.8. The molecule has 0 saturated heterocycles. The molecule has 0 N–H and O–H groups in total. The fourth-order valence-corrected chi connectivity index (χ4v) is 7.61. The van der Waals surface area contributed by atoms with Crippen molar-refractivity contribution in [3.05, 3.63) is 29.2 Å². The summed E-state index contributed by atoms with van der Waals surface area (Å²) in [6.45, 7) is 23.7. The van der Waals surface area contributed by atoms with Crippen LogP contribution in [0.25, 0.3) is 22.6 Å². The molecular weight excluding hydrogens is 618 g/mol. The van der Waals surface area contributed by atoms with Gasteiger partial charge < -0.3 is 14.2 Å². The molecule has 2 atom stereocenters. The Morgan fingerprint density at radius 1 is 1.07 bits per heavy atom. The summed E-state index contributed by atoms with van der Waals surface area (Å²) in [5.41, 5.74) is 4.11. The van der Waals surface area contributed by atoms with Crippen LogP contribution < -0.4 is 4.90 Å². The molecule has 0 aliphatic heterocycles. The van der Waals surface area contributed by atoms with Crippen molar-refractivity contribution in [3.63, 3.8) is 0 Å². The first-order chi connectivity index (χ1) is 21.2. The lowest BCUT2D eigenvalue weighted by molar-refractivity contribution is 0.0588. The van der Waals surface area contributed by atoms with Gasteiger partial charge in [0.15, 0.2) is 5.82 Å². The standard InChI is InChI=1S/C34H54FN5O4Si2/c1-33(2,3)44-32(41)38(5)27-18-26-28(17-25(27)35)39(21-42-12-14-45(6,7)8)31(36-26)30-24-16-23-19-34(23,4)20-29(24)40(37-30)22-43-13-15-46(9,10)11/h17-18,23H,12-16,19-22H2,1-11H3/t23-,34-/m1/s1.